The average Bonchev–Trinajstić information content (AvgIpc) is 3.40. The van der Waals surface area contributed by atoms with Crippen LogP contribution in [0.1, 0.15) is 37.2 Å². The fourth-order valence-corrected chi connectivity index (χ4v) is 4.14. The number of benzene rings is 1. The van der Waals surface area contributed by atoms with E-state index < -0.39 is 47.2 Å². The van der Waals surface area contributed by atoms with Crippen molar-refractivity contribution in [1.82, 2.24) is 0 Å². The molecule has 182 valence electrons. The maximum absolute atomic E-state index is 12.9. The lowest BCUT2D eigenvalue weighted by Gasteiger charge is -2.31. The van der Waals surface area contributed by atoms with E-state index in [-0.39, 0.29) is 22.9 Å². The van der Waals surface area contributed by atoms with Gasteiger partial charge in [0.05, 0.1) is 28.4 Å². The van der Waals surface area contributed by atoms with Crippen LogP contribution < -0.4 is 0 Å². The molecule has 2 atom stereocenters. The highest BCUT2D eigenvalue weighted by Gasteiger charge is 2.65. The Balaban J connectivity index is 2.26. The maximum Gasteiger partial charge on any atom is 0.350 e. The molecule has 2 aliphatic rings. The molecule has 0 saturated carbocycles. The summed E-state index contributed by atoms with van der Waals surface area (Å²) in [5.74, 6) is -4.07. The van der Waals surface area contributed by atoms with Crippen molar-refractivity contribution in [2.45, 2.75) is 37.1 Å². The second-order valence-electron chi connectivity index (χ2n) is 7.39. The Hall–Kier alpha value is -3.96. The number of carbonyl (C=O) groups excluding carboxylic acids is 4. The van der Waals surface area contributed by atoms with E-state index >= 15 is 0 Å². The Bertz CT molecular complexity index is 976. The standard InChI is InChI=1S/C22H24N2O10/c1-11-23-21(17(25)29-3,18(26)30-4)15(33-11)13-9-7-8-10-14(13)16-22(19(27)31-5,20(28)32-6)24-12(2)34-16/h7-10,15-16H,1-6H3. The minimum atomic E-state index is -2.24. The summed E-state index contributed by atoms with van der Waals surface area (Å²) in [4.78, 5) is 59.8. The molecule has 0 amide bonds. The third-order valence-corrected chi connectivity index (χ3v) is 5.55. The van der Waals surface area contributed by atoms with Crippen molar-refractivity contribution in [1.29, 1.82) is 0 Å². The first kappa shape index (κ1) is 24.7. The molecule has 0 saturated heterocycles. The molecule has 0 fully saturated rings. The molecule has 0 radical (unpaired) electrons. The van der Waals surface area contributed by atoms with Crippen LogP contribution in [0.3, 0.4) is 0 Å². The quantitative estimate of drug-likeness (QED) is 0.328. The van der Waals surface area contributed by atoms with Gasteiger partial charge >= 0.3 is 23.9 Å². The van der Waals surface area contributed by atoms with E-state index in [9.17, 15) is 19.2 Å². The molecule has 2 aliphatic heterocycles. The van der Waals surface area contributed by atoms with Crippen LogP contribution in [0.5, 0.6) is 0 Å². The molecular weight excluding hydrogens is 452 g/mol. The number of rotatable bonds is 6. The number of ether oxygens (including phenoxy) is 6. The van der Waals surface area contributed by atoms with Gasteiger partial charge < -0.3 is 28.4 Å². The summed E-state index contributed by atoms with van der Waals surface area (Å²) in [6.07, 6.45) is -2.75. The summed E-state index contributed by atoms with van der Waals surface area (Å²) in [5.41, 5.74) is -4.08. The second kappa shape index (κ2) is 9.12. The van der Waals surface area contributed by atoms with Crippen LogP contribution in [0.4, 0.5) is 0 Å². The van der Waals surface area contributed by atoms with Crippen molar-refractivity contribution in [3.8, 4) is 0 Å². The van der Waals surface area contributed by atoms with Gasteiger partial charge in [-0.15, -0.1) is 0 Å². The second-order valence-corrected chi connectivity index (χ2v) is 7.39. The Morgan fingerprint density at radius 1 is 0.676 bits per heavy atom. The van der Waals surface area contributed by atoms with Gasteiger partial charge in [-0.3, -0.25) is 0 Å². The van der Waals surface area contributed by atoms with E-state index in [2.05, 4.69) is 9.98 Å². The van der Waals surface area contributed by atoms with Crippen LogP contribution in [0.25, 0.3) is 0 Å². The van der Waals surface area contributed by atoms with Gasteiger partial charge in [0, 0.05) is 25.0 Å². The molecule has 0 bridgehead atoms. The fourth-order valence-electron chi connectivity index (χ4n) is 4.14. The predicted octanol–water partition coefficient (Wildman–Crippen LogP) is 0.836. The van der Waals surface area contributed by atoms with Gasteiger partial charge in [-0.05, 0) is 0 Å². The summed E-state index contributed by atoms with van der Waals surface area (Å²) in [7, 11) is 4.37. The monoisotopic (exact) mass is 476 g/mol. The van der Waals surface area contributed by atoms with Gasteiger partial charge in [0.2, 0.25) is 0 Å². The zero-order valence-corrected chi connectivity index (χ0v) is 19.4. The van der Waals surface area contributed by atoms with E-state index in [1.165, 1.54) is 26.0 Å². The SMILES string of the molecule is COC(=O)C1(C(=O)OC)N=C(C)OC1c1ccccc1C1OC(C)=NC1(C(=O)OC)C(=O)OC. The molecule has 0 aromatic heterocycles. The number of carbonyl (C=O) groups is 4. The molecule has 12 heteroatoms. The van der Waals surface area contributed by atoms with Crippen LogP contribution in [0, 0.1) is 0 Å². The Morgan fingerprint density at radius 2 is 0.971 bits per heavy atom. The summed E-state index contributed by atoms with van der Waals surface area (Å²) in [6.45, 7) is 2.91. The van der Waals surface area contributed by atoms with Crippen LogP contribution >= 0.6 is 0 Å². The third kappa shape index (κ3) is 3.45. The van der Waals surface area contributed by atoms with E-state index in [0.717, 1.165) is 28.4 Å². The Morgan fingerprint density at radius 3 is 1.24 bits per heavy atom. The molecule has 2 unspecified atom stereocenters. The first-order chi connectivity index (χ1) is 16.1. The topological polar surface area (TPSA) is 148 Å². The number of hydrogen-bond donors (Lipinski definition) is 0. The Labute approximate surface area is 194 Å². The van der Waals surface area contributed by atoms with Gasteiger partial charge in [0.1, 0.15) is 0 Å². The summed E-state index contributed by atoms with van der Waals surface area (Å²) < 4.78 is 31.1. The highest BCUT2D eigenvalue weighted by atomic mass is 16.6. The number of hydrogen-bond acceptors (Lipinski definition) is 12. The highest BCUT2D eigenvalue weighted by molar-refractivity contribution is 6.10. The molecule has 34 heavy (non-hydrogen) atoms. The van der Waals surface area contributed by atoms with Crippen LogP contribution in [0.2, 0.25) is 0 Å². The summed E-state index contributed by atoms with van der Waals surface area (Å²) in [6, 6.07) is 6.28. The lowest BCUT2D eigenvalue weighted by molar-refractivity contribution is -0.167. The van der Waals surface area contributed by atoms with Crippen LogP contribution in [-0.4, -0.2) is 75.2 Å². The predicted molar refractivity (Wildman–Crippen MR) is 114 cm³/mol. The lowest BCUT2D eigenvalue weighted by Crippen LogP contribution is -2.51. The smallest absolute Gasteiger partial charge is 0.350 e. The third-order valence-electron chi connectivity index (χ3n) is 5.55. The molecule has 1 aromatic carbocycles. The van der Waals surface area contributed by atoms with E-state index in [1.54, 1.807) is 12.1 Å². The molecule has 3 rings (SSSR count). The summed E-state index contributed by atoms with van der Waals surface area (Å²) >= 11 is 0. The molecule has 0 N–H and O–H groups in total. The normalized spacial score (nSPS) is 21.8. The van der Waals surface area contributed by atoms with E-state index in [4.69, 9.17) is 28.4 Å². The van der Waals surface area contributed by atoms with Crippen molar-refractivity contribution in [3.05, 3.63) is 35.4 Å². The van der Waals surface area contributed by atoms with Crippen LogP contribution in [0.15, 0.2) is 34.3 Å². The number of esters is 4. The fraction of sp³-hybridized carbons (Fsp3) is 0.455. The zero-order chi connectivity index (χ0) is 25.3. The van der Waals surface area contributed by atoms with Crippen molar-refractivity contribution in [2.75, 3.05) is 28.4 Å². The van der Waals surface area contributed by atoms with E-state index in [0.29, 0.717) is 0 Å². The van der Waals surface area contributed by atoms with Crippen LogP contribution in [-0.2, 0) is 47.6 Å². The van der Waals surface area contributed by atoms with Crippen molar-refractivity contribution in [2.24, 2.45) is 9.98 Å². The molecule has 1 aromatic rings. The highest BCUT2D eigenvalue weighted by Crippen LogP contribution is 2.47. The van der Waals surface area contributed by atoms with Gasteiger partial charge in [-0.2, -0.15) is 0 Å². The largest absolute Gasteiger partial charge is 0.469 e. The lowest BCUT2D eigenvalue weighted by atomic mass is 9.80. The molecule has 12 nitrogen and oxygen atoms in total. The minimum Gasteiger partial charge on any atom is -0.469 e. The first-order valence-electron chi connectivity index (χ1n) is 10.0. The van der Waals surface area contributed by atoms with Crippen molar-refractivity contribution < 1.29 is 47.6 Å². The van der Waals surface area contributed by atoms with Crippen molar-refractivity contribution >= 4 is 35.7 Å². The van der Waals surface area contributed by atoms with E-state index in [1.807, 2.05) is 0 Å². The average molecular weight is 476 g/mol. The Kier molecular flexibility index (Phi) is 6.62. The maximum atomic E-state index is 12.9. The minimum absolute atomic E-state index is 0.0163. The molecule has 2 heterocycles. The first-order valence-corrected chi connectivity index (χ1v) is 10.0. The number of aliphatic imine (C=N–C) groups is 2. The van der Waals surface area contributed by atoms with Gasteiger partial charge in [0.15, 0.2) is 24.0 Å². The molecule has 0 spiro atoms. The number of nitrogens with zero attached hydrogens (tertiary/aromatic N) is 2. The number of methoxy groups -OCH3 is 4. The van der Waals surface area contributed by atoms with Gasteiger partial charge in [0.25, 0.3) is 11.1 Å². The van der Waals surface area contributed by atoms with Gasteiger partial charge in [-0.1, -0.05) is 24.3 Å². The zero-order valence-electron chi connectivity index (χ0n) is 19.4. The van der Waals surface area contributed by atoms with Gasteiger partial charge in [-0.25, -0.2) is 29.2 Å². The summed E-state index contributed by atoms with van der Waals surface area (Å²) in [5, 5.41) is 0. The van der Waals surface area contributed by atoms with Crippen molar-refractivity contribution in [3.63, 3.8) is 0 Å². The molecular formula is C22H24N2O10. The molecule has 0 aliphatic carbocycles.